The second-order valence-electron chi connectivity index (χ2n) is 4.62. The lowest BCUT2D eigenvalue weighted by molar-refractivity contribution is -0.137. The lowest BCUT2D eigenvalue weighted by Gasteiger charge is -2.12. The van der Waals surface area contributed by atoms with Crippen LogP contribution in [0, 0.1) is 0 Å². The number of nitrogens with one attached hydrogen (secondary N) is 2. The van der Waals surface area contributed by atoms with E-state index in [2.05, 4.69) is 27.4 Å². The summed E-state index contributed by atoms with van der Waals surface area (Å²) in [5.41, 5.74) is -0.734. The molecule has 0 saturated heterocycles. The van der Waals surface area contributed by atoms with Crippen molar-refractivity contribution in [1.29, 1.82) is 0 Å². The third-order valence-corrected chi connectivity index (χ3v) is 3.18. The molecular weight excluding hydrogens is 345 g/mol. The minimum atomic E-state index is -4.56. The Morgan fingerprint density at radius 3 is 2.58 bits per heavy atom. The van der Waals surface area contributed by atoms with Crippen LogP contribution in [0.2, 0.25) is 5.02 Å². The van der Waals surface area contributed by atoms with Crippen LogP contribution in [-0.4, -0.2) is 22.6 Å². The van der Waals surface area contributed by atoms with Gasteiger partial charge in [0.2, 0.25) is 0 Å². The molecule has 9 heteroatoms. The third-order valence-electron chi connectivity index (χ3n) is 2.85. The van der Waals surface area contributed by atoms with E-state index >= 15 is 0 Å². The summed E-state index contributed by atoms with van der Waals surface area (Å²) in [6.45, 7) is 3.75. The van der Waals surface area contributed by atoms with Crippen LogP contribution in [0.3, 0.4) is 0 Å². The van der Waals surface area contributed by atoms with Crippen LogP contribution in [0.4, 0.5) is 24.7 Å². The van der Waals surface area contributed by atoms with E-state index < -0.39 is 22.7 Å². The first-order valence-corrected chi connectivity index (χ1v) is 7.05. The van der Waals surface area contributed by atoms with Crippen molar-refractivity contribution >= 4 is 29.0 Å². The van der Waals surface area contributed by atoms with Gasteiger partial charge in [-0.3, -0.25) is 4.79 Å². The highest BCUT2D eigenvalue weighted by molar-refractivity contribution is 6.31. The first-order chi connectivity index (χ1) is 11.3. The number of carbonyl (C=O) groups is 1. The number of amides is 1. The number of hydrogen-bond donors (Lipinski definition) is 2. The van der Waals surface area contributed by atoms with Gasteiger partial charge in [-0.1, -0.05) is 17.7 Å². The molecule has 1 amide bonds. The number of aromatic nitrogens is 2. The quantitative estimate of drug-likeness (QED) is 0.799. The molecule has 2 rings (SSSR count). The minimum Gasteiger partial charge on any atom is -0.347 e. The molecule has 126 valence electrons. The molecule has 0 fully saturated rings. The highest BCUT2D eigenvalue weighted by atomic mass is 35.5. The van der Waals surface area contributed by atoms with Crippen molar-refractivity contribution in [2.75, 3.05) is 11.9 Å². The van der Waals surface area contributed by atoms with Gasteiger partial charge < -0.3 is 10.6 Å². The summed E-state index contributed by atoms with van der Waals surface area (Å²) in [5, 5.41) is 12.3. The first kappa shape index (κ1) is 17.7. The summed E-state index contributed by atoms with van der Waals surface area (Å²) < 4.78 is 38.5. The highest BCUT2D eigenvalue weighted by Gasteiger charge is 2.33. The normalized spacial score (nSPS) is 11.0. The van der Waals surface area contributed by atoms with E-state index in [1.807, 2.05) is 0 Å². The molecule has 1 aromatic carbocycles. The smallest absolute Gasteiger partial charge is 0.347 e. The SMILES string of the molecule is C=CCNC(=O)c1ccc(Nc2ccc(Cl)c(C(F)(F)F)c2)nn1. The number of carbonyl (C=O) groups excluding carboxylic acids is 1. The molecule has 0 aliphatic heterocycles. The molecule has 0 aliphatic carbocycles. The summed E-state index contributed by atoms with van der Waals surface area (Å²) in [5.74, 6) is -0.245. The summed E-state index contributed by atoms with van der Waals surface area (Å²) in [4.78, 5) is 11.6. The average Bonchev–Trinajstić information content (AvgIpc) is 2.54. The molecule has 1 heterocycles. The molecule has 0 unspecified atom stereocenters. The Morgan fingerprint density at radius 2 is 2.00 bits per heavy atom. The van der Waals surface area contributed by atoms with E-state index in [9.17, 15) is 18.0 Å². The number of rotatable bonds is 5. The number of hydrogen-bond acceptors (Lipinski definition) is 4. The molecular formula is C15H12ClF3N4O. The molecule has 0 radical (unpaired) electrons. The molecule has 2 aromatic rings. The van der Waals surface area contributed by atoms with Gasteiger partial charge in [0.25, 0.3) is 5.91 Å². The van der Waals surface area contributed by atoms with Gasteiger partial charge >= 0.3 is 6.18 Å². The topological polar surface area (TPSA) is 66.9 Å². The number of halogens is 4. The van der Waals surface area contributed by atoms with Crippen LogP contribution in [0.25, 0.3) is 0 Å². The van der Waals surface area contributed by atoms with Crippen LogP contribution in [0.1, 0.15) is 16.1 Å². The van der Waals surface area contributed by atoms with Gasteiger partial charge in [0.1, 0.15) is 0 Å². The Bertz CT molecular complexity index is 747. The molecule has 0 bridgehead atoms. The maximum Gasteiger partial charge on any atom is 0.417 e. The second kappa shape index (κ2) is 7.31. The minimum absolute atomic E-state index is 0.0782. The van der Waals surface area contributed by atoms with Crippen LogP contribution < -0.4 is 10.6 Å². The number of anilines is 2. The summed E-state index contributed by atoms with van der Waals surface area (Å²) in [6.07, 6.45) is -3.05. The van der Waals surface area contributed by atoms with E-state index in [0.29, 0.717) is 0 Å². The largest absolute Gasteiger partial charge is 0.417 e. The van der Waals surface area contributed by atoms with Crippen molar-refractivity contribution in [3.8, 4) is 0 Å². The van der Waals surface area contributed by atoms with Crippen LogP contribution in [0.5, 0.6) is 0 Å². The maximum absolute atomic E-state index is 12.8. The molecule has 1 aromatic heterocycles. The standard InChI is InChI=1S/C15H12ClF3N4O/c1-2-7-20-14(24)12-5-6-13(23-22-12)21-9-3-4-11(16)10(8-9)15(17,18)19/h2-6,8H,1,7H2,(H,20,24)(H,21,23). The van der Waals surface area contributed by atoms with E-state index in [1.54, 1.807) is 0 Å². The Hall–Kier alpha value is -2.61. The number of alkyl halides is 3. The Labute approximate surface area is 140 Å². The van der Waals surface area contributed by atoms with Crippen LogP contribution in [-0.2, 0) is 6.18 Å². The van der Waals surface area contributed by atoms with Gasteiger partial charge in [0.15, 0.2) is 11.5 Å². The average molecular weight is 357 g/mol. The van der Waals surface area contributed by atoms with Gasteiger partial charge in [-0.2, -0.15) is 13.2 Å². The Morgan fingerprint density at radius 1 is 1.25 bits per heavy atom. The summed E-state index contributed by atoms with van der Waals surface area (Å²) in [7, 11) is 0. The Kier molecular flexibility index (Phi) is 5.40. The molecule has 24 heavy (non-hydrogen) atoms. The van der Waals surface area contributed by atoms with E-state index in [1.165, 1.54) is 24.3 Å². The fourth-order valence-electron chi connectivity index (χ4n) is 1.74. The fourth-order valence-corrected chi connectivity index (χ4v) is 1.97. The molecule has 0 atom stereocenters. The predicted molar refractivity (Wildman–Crippen MR) is 84.3 cm³/mol. The Balaban J connectivity index is 2.14. The van der Waals surface area contributed by atoms with Crippen molar-refractivity contribution in [2.24, 2.45) is 0 Å². The van der Waals surface area contributed by atoms with Gasteiger partial charge in [0, 0.05) is 12.2 Å². The van der Waals surface area contributed by atoms with Gasteiger partial charge in [0.05, 0.1) is 10.6 Å². The molecule has 0 aliphatic rings. The van der Waals surface area contributed by atoms with Crippen LogP contribution >= 0.6 is 11.6 Å². The first-order valence-electron chi connectivity index (χ1n) is 6.68. The maximum atomic E-state index is 12.8. The van der Waals surface area contributed by atoms with E-state index in [-0.39, 0.29) is 23.7 Å². The molecule has 2 N–H and O–H groups in total. The van der Waals surface area contributed by atoms with Crippen molar-refractivity contribution < 1.29 is 18.0 Å². The van der Waals surface area contributed by atoms with Gasteiger partial charge in [-0.25, -0.2) is 0 Å². The fraction of sp³-hybridized carbons (Fsp3) is 0.133. The number of benzene rings is 1. The van der Waals surface area contributed by atoms with E-state index in [0.717, 1.165) is 12.1 Å². The van der Waals surface area contributed by atoms with Crippen molar-refractivity contribution in [2.45, 2.75) is 6.18 Å². The van der Waals surface area contributed by atoms with Gasteiger partial charge in [-0.15, -0.1) is 16.8 Å². The van der Waals surface area contributed by atoms with Gasteiger partial charge in [-0.05, 0) is 30.3 Å². The summed E-state index contributed by atoms with van der Waals surface area (Å²) in [6, 6.07) is 6.21. The zero-order valence-corrected chi connectivity index (χ0v) is 12.9. The van der Waals surface area contributed by atoms with E-state index in [4.69, 9.17) is 11.6 Å². The monoisotopic (exact) mass is 356 g/mol. The summed E-state index contributed by atoms with van der Waals surface area (Å²) >= 11 is 5.55. The van der Waals surface area contributed by atoms with Crippen molar-refractivity contribution in [3.05, 3.63) is 59.3 Å². The van der Waals surface area contributed by atoms with Crippen LogP contribution in [0.15, 0.2) is 43.0 Å². The molecule has 5 nitrogen and oxygen atoms in total. The van der Waals surface area contributed by atoms with Crippen molar-refractivity contribution in [3.63, 3.8) is 0 Å². The zero-order chi connectivity index (χ0) is 17.7. The predicted octanol–water partition coefficient (Wildman–Crippen LogP) is 3.81. The lowest BCUT2D eigenvalue weighted by Crippen LogP contribution is -2.24. The lowest BCUT2D eigenvalue weighted by atomic mass is 10.2. The number of nitrogens with zero attached hydrogens (tertiary/aromatic N) is 2. The van der Waals surface area contributed by atoms with Crippen molar-refractivity contribution in [1.82, 2.24) is 15.5 Å². The third kappa shape index (κ3) is 4.45. The molecule has 0 spiro atoms. The zero-order valence-electron chi connectivity index (χ0n) is 12.2. The molecule has 0 saturated carbocycles. The highest BCUT2D eigenvalue weighted by Crippen LogP contribution is 2.36. The second-order valence-corrected chi connectivity index (χ2v) is 5.03.